The van der Waals surface area contributed by atoms with E-state index in [9.17, 15) is 9.18 Å². The van der Waals surface area contributed by atoms with Crippen LogP contribution in [0, 0.1) is 5.82 Å². The first kappa shape index (κ1) is 13.5. The summed E-state index contributed by atoms with van der Waals surface area (Å²) in [5.41, 5.74) is 0.486. The molecule has 0 atom stereocenters. The maximum atomic E-state index is 12.9. The van der Waals surface area contributed by atoms with Crippen LogP contribution in [0.25, 0.3) is 0 Å². The van der Waals surface area contributed by atoms with E-state index in [4.69, 9.17) is 16.3 Å². The molecule has 0 saturated carbocycles. The number of halogens is 2. The first-order valence-corrected chi connectivity index (χ1v) is 5.53. The minimum Gasteiger partial charge on any atom is -0.463 e. The van der Waals surface area contributed by atoms with Gasteiger partial charge < -0.3 is 10.1 Å². The largest absolute Gasteiger partial charge is 0.463 e. The van der Waals surface area contributed by atoms with E-state index >= 15 is 0 Å². The third-order valence-electron chi connectivity index (χ3n) is 1.88. The van der Waals surface area contributed by atoms with Gasteiger partial charge in [-0.15, -0.1) is 0 Å². The minimum atomic E-state index is -0.403. The fraction of sp³-hybridized carbons (Fsp3) is 0.250. The Labute approximate surface area is 104 Å². The van der Waals surface area contributed by atoms with Gasteiger partial charge in [-0.1, -0.05) is 17.7 Å². The molecular formula is C12H13ClFNO2. The van der Waals surface area contributed by atoms with Gasteiger partial charge in [-0.25, -0.2) is 9.18 Å². The van der Waals surface area contributed by atoms with E-state index in [2.05, 4.69) is 5.32 Å². The van der Waals surface area contributed by atoms with E-state index < -0.39 is 5.97 Å². The zero-order chi connectivity index (χ0) is 12.7. The Morgan fingerprint density at radius 1 is 1.59 bits per heavy atom. The molecule has 0 bridgehead atoms. The fourth-order valence-corrected chi connectivity index (χ4v) is 1.33. The molecule has 0 saturated heterocycles. The van der Waals surface area contributed by atoms with Gasteiger partial charge in [-0.3, -0.25) is 0 Å². The number of ether oxygens (including phenoxy) is 1. The molecule has 17 heavy (non-hydrogen) atoms. The van der Waals surface area contributed by atoms with Crippen LogP contribution in [0.1, 0.15) is 6.92 Å². The molecule has 5 heteroatoms. The van der Waals surface area contributed by atoms with E-state index in [0.717, 1.165) is 0 Å². The van der Waals surface area contributed by atoms with Gasteiger partial charge >= 0.3 is 5.97 Å². The van der Waals surface area contributed by atoms with Crippen LogP contribution in [0.3, 0.4) is 0 Å². The monoisotopic (exact) mass is 257 g/mol. The number of rotatable bonds is 5. The predicted molar refractivity (Wildman–Crippen MR) is 65.7 cm³/mol. The first-order valence-electron chi connectivity index (χ1n) is 5.15. The van der Waals surface area contributed by atoms with Crippen molar-refractivity contribution in [3.05, 3.63) is 41.2 Å². The molecule has 0 aromatic heterocycles. The highest BCUT2D eigenvalue weighted by molar-refractivity contribution is 6.33. The number of benzene rings is 1. The van der Waals surface area contributed by atoms with Crippen molar-refractivity contribution in [2.45, 2.75) is 6.92 Å². The van der Waals surface area contributed by atoms with Gasteiger partial charge in [0.25, 0.3) is 0 Å². The lowest BCUT2D eigenvalue weighted by atomic mass is 10.3. The molecule has 0 spiro atoms. The molecule has 1 rings (SSSR count). The standard InChI is InChI=1S/C12H13ClFNO2/c1-2-17-12(16)4-3-7-15-11-8-9(14)5-6-10(11)13/h3-6,8,15H,2,7H2,1H3/b4-3+. The lowest BCUT2D eigenvalue weighted by molar-refractivity contribution is -0.137. The van der Waals surface area contributed by atoms with E-state index in [-0.39, 0.29) is 5.82 Å². The van der Waals surface area contributed by atoms with Crippen LogP contribution in [0.4, 0.5) is 10.1 Å². The first-order chi connectivity index (χ1) is 8.13. The summed E-state index contributed by atoms with van der Waals surface area (Å²) >= 11 is 5.84. The summed E-state index contributed by atoms with van der Waals surface area (Å²) in [5, 5.41) is 3.31. The molecule has 1 N–H and O–H groups in total. The van der Waals surface area contributed by atoms with E-state index in [0.29, 0.717) is 23.9 Å². The highest BCUT2D eigenvalue weighted by atomic mass is 35.5. The van der Waals surface area contributed by atoms with Gasteiger partial charge in [0.05, 0.1) is 17.3 Å². The Bertz CT molecular complexity index is 421. The molecule has 0 aliphatic rings. The minimum absolute atomic E-state index is 0.340. The molecule has 0 aliphatic carbocycles. The van der Waals surface area contributed by atoms with Crippen molar-refractivity contribution in [2.75, 3.05) is 18.5 Å². The second-order valence-corrected chi connectivity index (χ2v) is 3.57. The Morgan fingerprint density at radius 3 is 3.06 bits per heavy atom. The van der Waals surface area contributed by atoms with Crippen molar-refractivity contribution < 1.29 is 13.9 Å². The van der Waals surface area contributed by atoms with Gasteiger partial charge in [0.1, 0.15) is 5.82 Å². The fourth-order valence-electron chi connectivity index (χ4n) is 1.15. The number of hydrogen-bond donors (Lipinski definition) is 1. The molecule has 1 aromatic carbocycles. The maximum absolute atomic E-state index is 12.9. The summed E-state index contributed by atoms with van der Waals surface area (Å²) in [6, 6.07) is 4.04. The Hall–Kier alpha value is -1.55. The third kappa shape index (κ3) is 4.87. The summed E-state index contributed by atoms with van der Waals surface area (Å²) in [6.07, 6.45) is 2.89. The van der Waals surface area contributed by atoms with Crippen LogP contribution >= 0.6 is 11.6 Å². The van der Waals surface area contributed by atoms with Gasteiger partial charge in [0.15, 0.2) is 0 Å². The van der Waals surface area contributed by atoms with E-state index in [1.54, 1.807) is 13.0 Å². The Balaban J connectivity index is 2.45. The number of hydrogen-bond acceptors (Lipinski definition) is 3. The topological polar surface area (TPSA) is 38.3 Å². The summed E-state index contributed by atoms with van der Waals surface area (Å²) in [6.45, 7) is 2.44. The van der Waals surface area contributed by atoms with E-state index in [1.807, 2.05) is 0 Å². The normalized spacial score (nSPS) is 10.5. The van der Waals surface area contributed by atoms with Gasteiger partial charge in [0, 0.05) is 12.6 Å². The van der Waals surface area contributed by atoms with Crippen molar-refractivity contribution in [1.29, 1.82) is 0 Å². The zero-order valence-corrected chi connectivity index (χ0v) is 10.1. The van der Waals surface area contributed by atoms with E-state index in [1.165, 1.54) is 24.3 Å². The Morgan fingerprint density at radius 2 is 2.35 bits per heavy atom. The smallest absolute Gasteiger partial charge is 0.330 e. The second-order valence-electron chi connectivity index (χ2n) is 3.16. The maximum Gasteiger partial charge on any atom is 0.330 e. The van der Waals surface area contributed by atoms with Gasteiger partial charge in [-0.2, -0.15) is 0 Å². The van der Waals surface area contributed by atoms with Crippen LogP contribution in [-0.2, 0) is 9.53 Å². The average Bonchev–Trinajstić information content (AvgIpc) is 2.29. The van der Waals surface area contributed by atoms with Crippen LogP contribution < -0.4 is 5.32 Å². The summed E-state index contributed by atoms with van der Waals surface area (Å²) in [4.78, 5) is 11.0. The van der Waals surface area contributed by atoms with Crippen molar-refractivity contribution >= 4 is 23.3 Å². The molecule has 3 nitrogen and oxygen atoms in total. The highest BCUT2D eigenvalue weighted by Gasteiger charge is 2.00. The van der Waals surface area contributed by atoms with Crippen LogP contribution in [-0.4, -0.2) is 19.1 Å². The summed E-state index contributed by atoms with van der Waals surface area (Å²) in [5.74, 6) is -0.772. The van der Waals surface area contributed by atoms with Crippen molar-refractivity contribution in [3.63, 3.8) is 0 Å². The highest BCUT2D eigenvalue weighted by Crippen LogP contribution is 2.21. The molecular weight excluding hydrogens is 245 g/mol. The number of anilines is 1. The van der Waals surface area contributed by atoms with Crippen molar-refractivity contribution in [3.8, 4) is 0 Å². The molecule has 0 radical (unpaired) electrons. The average molecular weight is 258 g/mol. The Kier molecular flexibility index (Phi) is 5.49. The van der Waals surface area contributed by atoms with Crippen LogP contribution in [0.15, 0.2) is 30.4 Å². The van der Waals surface area contributed by atoms with Gasteiger partial charge in [-0.05, 0) is 25.1 Å². The summed E-state index contributed by atoms with van der Waals surface area (Å²) in [7, 11) is 0. The number of carbonyl (C=O) groups excluding carboxylic acids is 1. The predicted octanol–water partition coefficient (Wildman–Crippen LogP) is 3.01. The molecule has 1 aromatic rings. The summed E-state index contributed by atoms with van der Waals surface area (Å²) < 4.78 is 17.6. The van der Waals surface area contributed by atoms with Crippen molar-refractivity contribution in [2.24, 2.45) is 0 Å². The molecule has 0 heterocycles. The lowest BCUT2D eigenvalue weighted by Gasteiger charge is -2.05. The molecule has 0 aliphatic heterocycles. The lowest BCUT2D eigenvalue weighted by Crippen LogP contribution is -2.03. The second kappa shape index (κ2) is 6.91. The molecule has 0 amide bonds. The number of carbonyl (C=O) groups is 1. The zero-order valence-electron chi connectivity index (χ0n) is 9.37. The van der Waals surface area contributed by atoms with Crippen LogP contribution in [0.2, 0.25) is 5.02 Å². The molecule has 92 valence electrons. The number of nitrogens with one attached hydrogen (secondary N) is 1. The third-order valence-corrected chi connectivity index (χ3v) is 2.21. The SMILES string of the molecule is CCOC(=O)/C=C/CNc1cc(F)ccc1Cl. The molecule has 0 fully saturated rings. The quantitative estimate of drug-likeness (QED) is 0.651. The van der Waals surface area contributed by atoms with Crippen molar-refractivity contribution in [1.82, 2.24) is 0 Å². The number of esters is 1. The van der Waals surface area contributed by atoms with Crippen LogP contribution in [0.5, 0.6) is 0 Å². The van der Waals surface area contributed by atoms with Gasteiger partial charge in [0.2, 0.25) is 0 Å². The molecule has 0 unspecified atom stereocenters.